The van der Waals surface area contributed by atoms with Gasteiger partial charge < -0.3 is 4.90 Å². The molecule has 6 nitrogen and oxygen atoms in total. The molecule has 2 heterocycles. The first-order valence-electron chi connectivity index (χ1n) is 10.4. The zero-order chi connectivity index (χ0) is 21.0. The summed E-state index contributed by atoms with van der Waals surface area (Å²) in [6.07, 6.45) is 4.97. The van der Waals surface area contributed by atoms with E-state index in [0.29, 0.717) is 43.3 Å². The van der Waals surface area contributed by atoms with Crippen molar-refractivity contribution in [2.45, 2.75) is 13.0 Å². The van der Waals surface area contributed by atoms with Gasteiger partial charge in [0.2, 0.25) is 17.7 Å². The normalized spacial score (nSPS) is 30.5. The van der Waals surface area contributed by atoms with Gasteiger partial charge in [-0.15, -0.1) is 0 Å². The van der Waals surface area contributed by atoms with Gasteiger partial charge in [0.15, 0.2) is 0 Å². The van der Waals surface area contributed by atoms with Crippen molar-refractivity contribution in [1.82, 2.24) is 14.7 Å². The molecule has 3 amide bonds. The second kappa shape index (κ2) is 7.46. The zero-order valence-corrected chi connectivity index (χ0v) is 17.2. The van der Waals surface area contributed by atoms with Crippen LogP contribution in [0.3, 0.4) is 0 Å². The minimum absolute atomic E-state index is 0.144. The fourth-order valence-corrected chi connectivity index (χ4v) is 5.64. The minimum Gasteiger partial charge on any atom is -0.339 e. The molecule has 2 saturated heterocycles. The number of nitrogens with zero attached hydrogens (tertiary/aromatic N) is 3. The molecule has 4 aliphatic rings. The standard InChI is InChI=1S/C22H23ClFN3O3/c23-16-2-1-3-17(24)15(16)11-25-6-8-26(9-7-25)18(28)12-27-21(29)19-13-4-5-14(10-13)20(19)22(27)30/h1-5,13-14,19-20H,6-12H2. The van der Waals surface area contributed by atoms with Crippen LogP contribution in [0.5, 0.6) is 0 Å². The lowest BCUT2D eigenvalue weighted by molar-refractivity contribution is -0.147. The van der Waals surface area contributed by atoms with Crippen LogP contribution in [-0.2, 0) is 20.9 Å². The Balaban J connectivity index is 1.17. The molecular weight excluding hydrogens is 409 g/mol. The third-order valence-electron chi connectivity index (χ3n) is 7.02. The number of amides is 3. The van der Waals surface area contributed by atoms with Crippen LogP contribution in [0, 0.1) is 29.5 Å². The second-order valence-electron chi connectivity index (χ2n) is 8.62. The molecule has 1 aromatic rings. The van der Waals surface area contributed by atoms with Crippen LogP contribution in [0.1, 0.15) is 12.0 Å². The lowest BCUT2D eigenvalue weighted by Gasteiger charge is -2.35. The first kappa shape index (κ1) is 19.7. The maximum absolute atomic E-state index is 14.0. The monoisotopic (exact) mass is 431 g/mol. The van der Waals surface area contributed by atoms with Crippen molar-refractivity contribution in [3.63, 3.8) is 0 Å². The second-order valence-corrected chi connectivity index (χ2v) is 9.03. The predicted molar refractivity (Wildman–Crippen MR) is 108 cm³/mol. The number of allylic oxidation sites excluding steroid dienone is 2. The molecule has 2 aliphatic carbocycles. The highest BCUT2D eigenvalue weighted by molar-refractivity contribution is 6.31. The van der Waals surface area contributed by atoms with Crippen molar-refractivity contribution in [2.24, 2.45) is 23.7 Å². The molecule has 4 unspecified atom stereocenters. The number of rotatable bonds is 4. The molecule has 30 heavy (non-hydrogen) atoms. The van der Waals surface area contributed by atoms with Gasteiger partial charge in [0.1, 0.15) is 12.4 Å². The van der Waals surface area contributed by atoms with E-state index >= 15 is 0 Å². The Morgan fingerprint density at radius 3 is 2.27 bits per heavy atom. The Labute approximate surface area is 179 Å². The van der Waals surface area contributed by atoms with Crippen molar-refractivity contribution >= 4 is 29.3 Å². The summed E-state index contributed by atoms with van der Waals surface area (Å²) in [7, 11) is 0. The third-order valence-corrected chi connectivity index (χ3v) is 7.38. The summed E-state index contributed by atoms with van der Waals surface area (Å²) < 4.78 is 14.0. The average Bonchev–Trinajstić information content (AvgIpc) is 3.41. The van der Waals surface area contributed by atoms with Crippen molar-refractivity contribution in [1.29, 1.82) is 0 Å². The van der Waals surface area contributed by atoms with Gasteiger partial charge >= 0.3 is 0 Å². The van der Waals surface area contributed by atoms with Crippen molar-refractivity contribution in [3.05, 3.63) is 46.8 Å². The van der Waals surface area contributed by atoms with Crippen LogP contribution in [0.15, 0.2) is 30.4 Å². The number of carbonyl (C=O) groups is 3. The van der Waals surface area contributed by atoms with E-state index in [2.05, 4.69) is 0 Å². The number of carbonyl (C=O) groups excluding carboxylic acids is 3. The molecule has 1 saturated carbocycles. The largest absolute Gasteiger partial charge is 0.339 e. The number of hydrogen-bond acceptors (Lipinski definition) is 4. The van der Waals surface area contributed by atoms with Gasteiger partial charge in [0.25, 0.3) is 0 Å². The summed E-state index contributed by atoms with van der Waals surface area (Å²) in [6.45, 7) is 2.32. The third kappa shape index (κ3) is 3.15. The van der Waals surface area contributed by atoms with E-state index < -0.39 is 0 Å². The van der Waals surface area contributed by atoms with Crippen LogP contribution in [0.2, 0.25) is 5.02 Å². The van der Waals surface area contributed by atoms with Crippen LogP contribution in [0.4, 0.5) is 4.39 Å². The van der Waals surface area contributed by atoms with E-state index in [1.54, 1.807) is 17.0 Å². The molecule has 158 valence electrons. The Hall–Kier alpha value is -2.25. The molecule has 3 fully saturated rings. The van der Waals surface area contributed by atoms with Gasteiger partial charge in [0, 0.05) is 43.3 Å². The van der Waals surface area contributed by atoms with Crippen LogP contribution < -0.4 is 0 Å². The molecule has 5 rings (SSSR count). The van der Waals surface area contributed by atoms with E-state index in [1.165, 1.54) is 11.0 Å². The van der Waals surface area contributed by atoms with E-state index in [0.717, 1.165) is 6.42 Å². The molecule has 0 N–H and O–H groups in total. The Morgan fingerprint density at radius 1 is 1.03 bits per heavy atom. The average molecular weight is 432 g/mol. The highest BCUT2D eigenvalue weighted by Gasteiger charge is 2.59. The highest BCUT2D eigenvalue weighted by Crippen LogP contribution is 2.52. The van der Waals surface area contributed by atoms with Gasteiger partial charge in [-0.05, 0) is 30.4 Å². The number of piperazine rings is 1. The van der Waals surface area contributed by atoms with Crippen LogP contribution >= 0.6 is 11.6 Å². The number of halogens is 2. The Kier molecular flexibility index (Phi) is 4.90. The summed E-state index contributed by atoms with van der Waals surface area (Å²) in [5.74, 6) is -1.19. The number of benzene rings is 1. The number of imide groups is 1. The lowest BCUT2D eigenvalue weighted by atomic mass is 9.85. The quantitative estimate of drug-likeness (QED) is 0.540. The van der Waals surface area contributed by atoms with Gasteiger partial charge in [-0.1, -0.05) is 29.8 Å². The summed E-state index contributed by atoms with van der Waals surface area (Å²) in [5.41, 5.74) is 0.460. The van der Waals surface area contributed by atoms with E-state index in [1.807, 2.05) is 17.1 Å². The van der Waals surface area contributed by atoms with Crippen molar-refractivity contribution in [2.75, 3.05) is 32.7 Å². The first-order chi connectivity index (χ1) is 14.4. The topological polar surface area (TPSA) is 60.9 Å². The van der Waals surface area contributed by atoms with Gasteiger partial charge in [0.05, 0.1) is 11.8 Å². The number of hydrogen-bond donors (Lipinski definition) is 0. The van der Waals surface area contributed by atoms with E-state index in [-0.39, 0.29) is 53.8 Å². The van der Waals surface area contributed by atoms with Gasteiger partial charge in [-0.3, -0.25) is 24.2 Å². The van der Waals surface area contributed by atoms with Crippen molar-refractivity contribution < 1.29 is 18.8 Å². The molecule has 8 heteroatoms. The summed E-state index contributed by atoms with van der Waals surface area (Å²) >= 11 is 6.11. The molecule has 1 aromatic carbocycles. The Morgan fingerprint density at radius 2 is 1.67 bits per heavy atom. The smallest absolute Gasteiger partial charge is 0.242 e. The fraction of sp³-hybridized carbons (Fsp3) is 0.500. The maximum atomic E-state index is 14.0. The van der Waals surface area contributed by atoms with Crippen molar-refractivity contribution in [3.8, 4) is 0 Å². The van der Waals surface area contributed by atoms with E-state index in [4.69, 9.17) is 11.6 Å². The lowest BCUT2D eigenvalue weighted by Crippen LogP contribution is -2.51. The molecule has 0 radical (unpaired) electrons. The highest BCUT2D eigenvalue weighted by atomic mass is 35.5. The predicted octanol–water partition coefficient (Wildman–Crippen LogP) is 1.93. The molecule has 0 aromatic heterocycles. The molecule has 2 bridgehead atoms. The minimum atomic E-state index is -0.332. The maximum Gasteiger partial charge on any atom is 0.242 e. The summed E-state index contributed by atoms with van der Waals surface area (Å²) in [6, 6.07) is 4.64. The zero-order valence-electron chi connectivity index (χ0n) is 16.5. The summed E-state index contributed by atoms with van der Waals surface area (Å²) in [5, 5.41) is 0.397. The molecule has 2 aliphatic heterocycles. The molecule has 0 spiro atoms. The van der Waals surface area contributed by atoms with Gasteiger partial charge in [-0.2, -0.15) is 0 Å². The SMILES string of the molecule is O=C(CN1C(=O)C2C3C=CC(C3)C2C1=O)N1CCN(Cc2c(F)cccc2Cl)CC1. The fourth-order valence-electron chi connectivity index (χ4n) is 5.42. The van der Waals surface area contributed by atoms with E-state index in [9.17, 15) is 18.8 Å². The number of fused-ring (bicyclic) bond motifs is 5. The van der Waals surface area contributed by atoms with Crippen LogP contribution in [0.25, 0.3) is 0 Å². The first-order valence-corrected chi connectivity index (χ1v) is 10.8. The molecular formula is C22H23ClFN3O3. The molecule has 4 atom stereocenters. The number of likely N-dealkylation sites (tertiary alicyclic amines) is 1. The summed E-state index contributed by atoms with van der Waals surface area (Å²) in [4.78, 5) is 43.2. The van der Waals surface area contributed by atoms with Crippen LogP contribution in [-0.4, -0.2) is 65.1 Å². The van der Waals surface area contributed by atoms with Gasteiger partial charge in [-0.25, -0.2) is 4.39 Å². The Bertz CT molecular complexity index is 893.